The maximum atomic E-state index is 12.1. The zero-order chi connectivity index (χ0) is 13.1. The molecule has 0 fully saturated rings. The maximum absolute atomic E-state index is 12.1. The third kappa shape index (κ3) is 2.16. The van der Waals surface area contributed by atoms with Crippen LogP contribution in [-0.4, -0.2) is 18.2 Å². The lowest BCUT2D eigenvalue weighted by atomic mass is 10.2. The maximum Gasteiger partial charge on any atom is 0.211 e. The second-order valence-electron chi connectivity index (χ2n) is 3.64. The molecule has 0 aliphatic carbocycles. The Hall–Kier alpha value is -1.68. The van der Waals surface area contributed by atoms with Crippen molar-refractivity contribution in [1.82, 2.24) is 4.98 Å². The number of ether oxygens (including phenoxy) is 2. The van der Waals surface area contributed by atoms with Crippen LogP contribution in [0.3, 0.4) is 0 Å². The molecule has 1 heterocycles. The van der Waals surface area contributed by atoms with E-state index in [1.807, 2.05) is 13.8 Å². The van der Waals surface area contributed by atoms with Crippen molar-refractivity contribution in [2.45, 2.75) is 13.8 Å². The summed E-state index contributed by atoms with van der Waals surface area (Å²) in [7, 11) is 0. The summed E-state index contributed by atoms with van der Waals surface area (Å²) >= 11 is 5.85. The third-order valence-corrected chi connectivity index (χ3v) is 2.80. The van der Waals surface area contributed by atoms with Crippen LogP contribution in [0.25, 0.3) is 10.9 Å². The van der Waals surface area contributed by atoms with Gasteiger partial charge in [-0.1, -0.05) is 11.6 Å². The summed E-state index contributed by atoms with van der Waals surface area (Å²) in [6.07, 6.45) is 1.46. The van der Waals surface area contributed by atoms with Gasteiger partial charge in [-0.15, -0.1) is 0 Å². The zero-order valence-electron chi connectivity index (χ0n) is 10.2. The molecular weight excluding hydrogens is 254 g/mol. The Bertz CT molecular complexity index is 621. The van der Waals surface area contributed by atoms with E-state index in [1.54, 1.807) is 12.1 Å². The highest BCUT2D eigenvalue weighted by Crippen LogP contribution is 2.30. The zero-order valence-corrected chi connectivity index (χ0v) is 11.0. The molecule has 0 aliphatic heterocycles. The quantitative estimate of drug-likeness (QED) is 0.926. The number of aromatic nitrogens is 1. The van der Waals surface area contributed by atoms with Crippen LogP contribution in [0.2, 0.25) is 5.02 Å². The number of hydrogen-bond donors (Lipinski definition) is 1. The lowest BCUT2D eigenvalue weighted by Gasteiger charge is -2.11. The van der Waals surface area contributed by atoms with Crippen molar-refractivity contribution in [2.24, 2.45) is 0 Å². The van der Waals surface area contributed by atoms with E-state index in [0.29, 0.717) is 35.6 Å². The number of aromatic amines is 1. The Kier molecular flexibility index (Phi) is 3.77. The molecule has 2 rings (SSSR count). The van der Waals surface area contributed by atoms with Crippen molar-refractivity contribution >= 4 is 22.5 Å². The third-order valence-electron chi connectivity index (χ3n) is 2.52. The average Bonchev–Trinajstić information content (AvgIpc) is 2.36. The highest BCUT2D eigenvalue weighted by atomic mass is 35.5. The van der Waals surface area contributed by atoms with Gasteiger partial charge in [-0.3, -0.25) is 4.79 Å². The number of fused-ring (bicyclic) bond motifs is 1. The van der Waals surface area contributed by atoms with Crippen LogP contribution in [0.5, 0.6) is 11.5 Å². The monoisotopic (exact) mass is 267 g/mol. The molecule has 1 aromatic carbocycles. The molecule has 0 aliphatic rings. The van der Waals surface area contributed by atoms with Crippen molar-refractivity contribution in [3.63, 3.8) is 0 Å². The summed E-state index contributed by atoms with van der Waals surface area (Å²) in [4.78, 5) is 15.1. The van der Waals surface area contributed by atoms with E-state index in [1.165, 1.54) is 6.20 Å². The van der Waals surface area contributed by atoms with Gasteiger partial charge in [0.15, 0.2) is 0 Å². The number of halogens is 1. The first-order valence-corrected chi connectivity index (χ1v) is 6.16. The van der Waals surface area contributed by atoms with Gasteiger partial charge in [0.05, 0.1) is 24.1 Å². The van der Waals surface area contributed by atoms with Crippen LogP contribution in [0.1, 0.15) is 13.8 Å². The molecule has 18 heavy (non-hydrogen) atoms. The second kappa shape index (κ2) is 5.31. The average molecular weight is 268 g/mol. The molecule has 1 N–H and O–H groups in total. The molecule has 0 saturated carbocycles. The first-order valence-electron chi connectivity index (χ1n) is 5.78. The van der Waals surface area contributed by atoms with Gasteiger partial charge >= 0.3 is 0 Å². The molecule has 0 amide bonds. The van der Waals surface area contributed by atoms with Gasteiger partial charge in [0.25, 0.3) is 0 Å². The van der Waals surface area contributed by atoms with E-state index < -0.39 is 0 Å². The topological polar surface area (TPSA) is 51.3 Å². The van der Waals surface area contributed by atoms with E-state index in [0.717, 1.165) is 0 Å². The van der Waals surface area contributed by atoms with Crippen LogP contribution in [0, 0.1) is 0 Å². The number of rotatable bonds is 4. The van der Waals surface area contributed by atoms with Gasteiger partial charge in [-0.2, -0.15) is 0 Å². The standard InChI is InChI=1S/C13H14ClNO3/c1-3-17-9-5-6-10(18-4-2)12-11(9)13(16)8(14)7-15-12/h5-7H,3-4H2,1-2H3,(H,15,16). The number of benzene rings is 1. The molecule has 0 saturated heterocycles. The fourth-order valence-electron chi connectivity index (χ4n) is 1.81. The second-order valence-corrected chi connectivity index (χ2v) is 4.05. The number of H-pyrrole nitrogens is 1. The first-order chi connectivity index (χ1) is 8.69. The van der Waals surface area contributed by atoms with Crippen LogP contribution < -0.4 is 14.9 Å². The van der Waals surface area contributed by atoms with Gasteiger partial charge in [0.2, 0.25) is 5.43 Å². The largest absolute Gasteiger partial charge is 0.493 e. The van der Waals surface area contributed by atoms with Crippen molar-refractivity contribution in [3.05, 3.63) is 33.6 Å². The molecule has 0 bridgehead atoms. The van der Waals surface area contributed by atoms with Crippen molar-refractivity contribution in [2.75, 3.05) is 13.2 Å². The van der Waals surface area contributed by atoms with Crippen LogP contribution in [0.4, 0.5) is 0 Å². The van der Waals surface area contributed by atoms with E-state index in [-0.39, 0.29) is 10.5 Å². The molecule has 5 heteroatoms. The van der Waals surface area contributed by atoms with Gasteiger partial charge in [-0.25, -0.2) is 0 Å². The molecule has 4 nitrogen and oxygen atoms in total. The van der Waals surface area contributed by atoms with Crippen LogP contribution in [-0.2, 0) is 0 Å². The van der Waals surface area contributed by atoms with E-state index in [2.05, 4.69) is 4.98 Å². The van der Waals surface area contributed by atoms with Gasteiger partial charge < -0.3 is 14.5 Å². The minimum absolute atomic E-state index is 0.136. The number of pyridine rings is 1. The lowest BCUT2D eigenvalue weighted by Crippen LogP contribution is -2.07. The van der Waals surface area contributed by atoms with Crippen molar-refractivity contribution in [1.29, 1.82) is 0 Å². The predicted octanol–water partition coefficient (Wildman–Crippen LogP) is 2.98. The molecular formula is C13H14ClNO3. The van der Waals surface area contributed by atoms with Gasteiger partial charge in [-0.05, 0) is 26.0 Å². The Morgan fingerprint density at radius 1 is 1.17 bits per heavy atom. The first kappa shape index (κ1) is 12.8. The van der Waals surface area contributed by atoms with E-state index >= 15 is 0 Å². The van der Waals surface area contributed by atoms with Gasteiger partial charge in [0, 0.05) is 6.20 Å². The SMILES string of the molecule is CCOc1ccc(OCC)c2c(=O)c(Cl)c[nH]c12. The van der Waals surface area contributed by atoms with E-state index in [4.69, 9.17) is 21.1 Å². The molecule has 0 spiro atoms. The van der Waals surface area contributed by atoms with E-state index in [9.17, 15) is 4.79 Å². The minimum atomic E-state index is -0.254. The Labute approximate surface area is 109 Å². The highest BCUT2D eigenvalue weighted by Gasteiger charge is 2.13. The summed E-state index contributed by atoms with van der Waals surface area (Å²) in [5, 5.41) is 0.562. The Balaban J connectivity index is 2.78. The Morgan fingerprint density at radius 3 is 2.44 bits per heavy atom. The Morgan fingerprint density at radius 2 is 1.78 bits per heavy atom. The fraction of sp³-hybridized carbons (Fsp3) is 0.308. The van der Waals surface area contributed by atoms with Crippen molar-refractivity contribution in [3.8, 4) is 11.5 Å². The number of hydrogen-bond acceptors (Lipinski definition) is 3. The summed E-state index contributed by atoms with van der Waals surface area (Å²) in [5.41, 5.74) is 0.354. The fourth-order valence-corrected chi connectivity index (χ4v) is 1.95. The summed E-state index contributed by atoms with van der Waals surface area (Å²) < 4.78 is 10.9. The predicted molar refractivity (Wildman–Crippen MR) is 71.9 cm³/mol. The molecule has 96 valence electrons. The molecule has 1 aromatic heterocycles. The lowest BCUT2D eigenvalue weighted by molar-refractivity contribution is 0.336. The normalized spacial score (nSPS) is 10.6. The summed E-state index contributed by atoms with van der Waals surface area (Å²) in [6, 6.07) is 3.50. The highest BCUT2D eigenvalue weighted by molar-refractivity contribution is 6.31. The van der Waals surface area contributed by atoms with Crippen LogP contribution in [0.15, 0.2) is 23.1 Å². The van der Waals surface area contributed by atoms with Crippen molar-refractivity contribution < 1.29 is 9.47 Å². The molecule has 0 atom stereocenters. The molecule has 0 radical (unpaired) electrons. The minimum Gasteiger partial charge on any atom is -0.493 e. The smallest absolute Gasteiger partial charge is 0.211 e. The number of nitrogens with one attached hydrogen (secondary N) is 1. The summed E-state index contributed by atoms with van der Waals surface area (Å²) in [5.74, 6) is 1.13. The van der Waals surface area contributed by atoms with Crippen LogP contribution >= 0.6 is 11.6 Å². The molecule has 2 aromatic rings. The van der Waals surface area contributed by atoms with Gasteiger partial charge in [0.1, 0.15) is 16.5 Å². The summed E-state index contributed by atoms with van der Waals surface area (Å²) in [6.45, 7) is 4.75. The molecule has 0 unspecified atom stereocenters.